The summed E-state index contributed by atoms with van der Waals surface area (Å²) in [4.78, 5) is 12.3. The second kappa shape index (κ2) is 5.33. The summed E-state index contributed by atoms with van der Waals surface area (Å²) in [6.45, 7) is 2.60. The number of benzene rings is 2. The topological polar surface area (TPSA) is 26.3 Å². The maximum absolute atomic E-state index is 12.3. The Morgan fingerprint density at radius 3 is 2.80 bits per heavy atom. The third-order valence-electron chi connectivity index (χ3n) is 3.44. The molecule has 0 saturated carbocycles. The maximum atomic E-state index is 12.3. The predicted molar refractivity (Wildman–Crippen MR) is 80.1 cm³/mol. The molecule has 2 heteroatoms. The third-order valence-corrected chi connectivity index (χ3v) is 3.44. The van der Waals surface area contributed by atoms with E-state index in [0.29, 0.717) is 13.0 Å². The molecule has 0 atom stereocenters. The van der Waals surface area contributed by atoms with Crippen LogP contribution in [0.5, 0.6) is 5.75 Å². The maximum Gasteiger partial charge on any atom is 0.189 e. The Morgan fingerprint density at radius 2 is 2.00 bits per heavy atom. The first-order valence-corrected chi connectivity index (χ1v) is 6.84. The summed E-state index contributed by atoms with van der Waals surface area (Å²) in [5.41, 5.74) is 3.80. The van der Waals surface area contributed by atoms with Crippen LogP contribution in [0.25, 0.3) is 6.08 Å². The Labute approximate surface area is 118 Å². The molecular weight excluding hydrogens is 248 g/mol. The first-order valence-electron chi connectivity index (χ1n) is 6.84. The lowest BCUT2D eigenvalue weighted by molar-refractivity contribution is 0.104. The van der Waals surface area contributed by atoms with Gasteiger partial charge in [0.1, 0.15) is 5.75 Å². The van der Waals surface area contributed by atoms with Gasteiger partial charge in [0.2, 0.25) is 0 Å². The summed E-state index contributed by atoms with van der Waals surface area (Å²) in [7, 11) is 0. The number of allylic oxidation sites excluding steroid dienone is 1. The fraction of sp³-hybridized carbons (Fsp3) is 0.167. The average Bonchev–Trinajstić information content (AvgIpc) is 2.77. The molecule has 3 rings (SSSR count). The van der Waals surface area contributed by atoms with Gasteiger partial charge in [-0.3, -0.25) is 4.79 Å². The SMILES string of the molecule is CCOc1cccc(C=C2Cc3ccccc3C2=O)c1. The highest BCUT2D eigenvalue weighted by Crippen LogP contribution is 2.28. The summed E-state index contributed by atoms with van der Waals surface area (Å²) in [6, 6.07) is 15.6. The fourth-order valence-corrected chi connectivity index (χ4v) is 2.53. The van der Waals surface area contributed by atoms with Crippen molar-refractivity contribution in [2.45, 2.75) is 13.3 Å². The van der Waals surface area contributed by atoms with Gasteiger partial charge in [-0.1, -0.05) is 36.4 Å². The summed E-state index contributed by atoms with van der Waals surface area (Å²) < 4.78 is 5.49. The molecule has 0 aromatic heterocycles. The van der Waals surface area contributed by atoms with Gasteiger partial charge in [0.25, 0.3) is 0 Å². The van der Waals surface area contributed by atoms with Crippen molar-refractivity contribution in [2.24, 2.45) is 0 Å². The number of ketones is 1. The van der Waals surface area contributed by atoms with Gasteiger partial charge < -0.3 is 4.74 Å². The van der Waals surface area contributed by atoms with Crippen LogP contribution in [0, 0.1) is 0 Å². The number of rotatable bonds is 3. The highest BCUT2D eigenvalue weighted by molar-refractivity contribution is 6.15. The molecule has 0 fully saturated rings. The Morgan fingerprint density at radius 1 is 1.15 bits per heavy atom. The first-order chi connectivity index (χ1) is 9.78. The summed E-state index contributed by atoms with van der Waals surface area (Å²) in [5.74, 6) is 0.979. The Kier molecular flexibility index (Phi) is 3.38. The van der Waals surface area contributed by atoms with Crippen LogP contribution in [0.1, 0.15) is 28.4 Å². The molecule has 20 heavy (non-hydrogen) atoms. The van der Waals surface area contributed by atoms with Gasteiger partial charge in [-0.05, 0) is 36.3 Å². The second-order valence-electron chi connectivity index (χ2n) is 4.84. The molecule has 0 heterocycles. The van der Waals surface area contributed by atoms with Crippen molar-refractivity contribution < 1.29 is 9.53 Å². The lowest BCUT2D eigenvalue weighted by atomic mass is 10.1. The van der Waals surface area contributed by atoms with E-state index in [1.807, 2.05) is 61.5 Å². The highest BCUT2D eigenvalue weighted by Gasteiger charge is 2.23. The van der Waals surface area contributed by atoms with Crippen LogP contribution in [0.2, 0.25) is 0 Å². The molecule has 0 N–H and O–H groups in total. The standard InChI is InChI=1S/C18H16O2/c1-2-20-16-8-5-6-13(11-16)10-15-12-14-7-3-4-9-17(14)18(15)19/h3-11H,2,12H2,1H3. The minimum atomic E-state index is 0.141. The van der Waals surface area contributed by atoms with Crippen LogP contribution in [0.4, 0.5) is 0 Å². The molecule has 0 saturated heterocycles. The monoisotopic (exact) mass is 264 g/mol. The number of ether oxygens (including phenoxy) is 1. The van der Waals surface area contributed by atoms with Crippen LogP contribution in [-0.2, 0) is 6.42 Å². The Balaban J connectivity index is 1.91. The van der Waals surface area contributed by atoms with Crippen molar-refractivity contribution in [3.05, 3.63) is 70.8 Å². The van der Waals surface area contributed by atoms with Crippen molar-refractivity contribution in [3.8, 4) is 5.75 Å². The van der Waals surface area contributed by atoms with Crippen LogP contribution >= 0.6 is 0 Å². The molecule has 1 aliphatic rings. The summed E-state index contributed by atoms with van der Waals surface area (Å²) in [6.07, 6.45) is 2.68. The van der Waals surface area contributed by atoms with Crippen molar-refractivity contribution in [1.29, 1.82) is 0 Å². The number of hydrogen-bond donors (Lipinski definition) is 0. The predicted octanol–water partition coefficient (Wildman–Crippen LogP) is 3.91. The third kappa shape index (κ3) is 2.37. The molecule has 0 aliphatic heterocycles. The normalized spacial score (nSPS) is 15.4. The van der Waals surface area contributed by atoms with E-state index < -0.39 is 0 Å². The van der Waals surface area contributed by atoms with E-state index in [0.717, 1.165) is 28.0 Å². The van der Waals surface area contributed by atoms with Crippen molar-refractivity contribution in [3.63, 3.8) is 0 Å². The number of carbonyl (C=O) groups is 1. The van der Waals surface area contributed by atoms with Gasteiger partial charge in [0.05, 0.1) is 6.61 Å². The largest absolute Gasteiger partial charge is 0.494 e. The molecule has 0 spiro atoms. The fourth-order valence-electron chi connectivity index (χ4n) is 2.53. The molecule has 0 unspecified atom stereocenters. The van der Waals surface area contributed by atoms with Crippen LogP contribution in [-0.4, -0.2) is 12.4 Å². The van der Waals surface area contributed by atoms with Gasteiger partial charge in [0.15, 0.2) is 5.78 Å². The number of carbonyl (C=O) groups excluding carboxylic acids is 1. The second-order valence-corrected chi connectivity index (χ2v) is 4.84. The quantitative estimate of drug-likeness (QED) is 0.786. The zero-order valence-corrected chi connectivity index (χ0v) is 11.4. The van der Waals surface area contributed by atoms with E-state index in [-0.39, 0.29) is 5.78 Å². The summed E-state index contributed by atoms with van der Waals surface area (Å²) in [5, 5.41) is 0. The zero-order chi connectivity index (χ0) is 13.9. The first kappa shape index (κ1) is 12.7. The van der Waals surface area contributed by atoms with Crippen LogP contribution in [0.15, 0.2) is 54.1 Å². The lowest BCUT2D eigenvalue weighted by Gasteiger charge is -2.03. The van der Waals surface area contributed by atoms with Gasteiger partial charge >= 0.3 is 0 Å². The minimum Gasteiger partial charge on any atom is -0.494 e. The molecule has 2 aromatic rings. The molecule has 2 aromatic carbocycles. The number of Topliss-reactive ketones (excluding diaryl/α,β-unsaturated/α-hetero) is 1. The van der Waals surface area contributed by atoms with Crippen LogP contribution in [0.3, 0.4) is 0 Å². The summed E-state index contributed by atoms with van der Waals surface area (Å²) >= 11 is 0. The van der Waals surface area contributed by atoms with E-state index in [1.165, 1.54) is 0 Å². The molecular formula is C18H16O2. The highest BCUT2D eigenvalue weighted by atomic mass is 16.5. The van der Waals surface area contributed by atoms with E-state index in [2.05, 4.69) is 0 Å². The van der Waals surface area contributed by atoms with Crippen molar-refractivity contribution >= 4 is 11.9 Å². The minimum absolute atomic E-state index is 0.141. The Bertz CT molecular complexity index is 683. The van der Waals surface area contributed by atoms with Gasteiger partial charge in [-0.25, -0.2) is 0 Å². The molecule has 2 nitrogen and oxygen atoms in total. The zero-order valence-electron chi connectivity index (χ0n) is 11.4. The molecule has 0 bridgehead atoms. The van der Waals surface area contributed by atoms with Crippen molar-refractivity contribution in [2.75, 3.05) is 6.61 Å². The van der Waals surface area contributed by atoms with Gasteiger partial charge in [-0.15, -0.1) is 0 Å². The van der Waals surface area contributed by atoms with Gasteiger partial charge in [0, 0.05) is 17.6 Å². The van der Waals surface area contributed by atoms with E-state index in [1.54, 1.807) is 0 Å². The van der Waals surface area contributed by atoms with Crippen LogP contribution < -0.4 is 4.74 Å². The van der Waals surface area contributed by atoms with E-state index in [4.69, 9.17) is 4.74 Å². The average molecular weight is 264 g/mol. The van der Waals surface area contributed by atoms with Crippen molar-refractivity contribution in [1.82, 2.24) is 0 Å². The van der Waals surface area contributed by atoms with Gasteiger partial charge in [-0.2, -0.15) is 0 Å². The molecule has 0 radical (unpaired) electrons. The Hall–Kier alpha value is -2.35. The lowest BCUT2D eigenvalue weighted by Crippen LogP contribution is -1.95. The molecule has 0 amide bonds. The smallest absolute Gasteiger partial charge is 0.189 e. The molecule has 1 aliphatic carbocycles. The number of hydrogen-bond acceptors (Lipinski definition) is 2. The molecule has 100 valence electrons. The van der Waals surface area contributed by atoms with E-state index >= 15 is 0 Å². The number of fused-ring (bicyclic) bond motifs is 1. The van der Waals surface area contributed by atoms with E-state index in [9.17, 15) is 4.79 Å².